The first-order valence-corrected chi connectivity index (χ1v) is 10.1. The summed E-state index contributed by atoms with van der Waals surface area (Å²) < 4.78 is 13.8. The highest BCUT2D eigenvalue weighted by atomic mass is 16.5. The number of rotatable bonds is 4. The van der Waals surface area contributed by atoms with Crippen LogP contribution in [0.4, 0.5) is 0 Å². The number of hydrogen-bond donors (Lipinski definition) is 0. The normalized spacial score (nSPS) is 15.6. The Bertz CT molecular complexity index is 1160. The number of aromatic nitrogens is 1. The van der Waals surface area contributed by atoms with E-state index in [4.69, 9.17) is 9.47 Å². The molecule has 1 aliphatic heterocycles. The summed E-state index contributed by atoms with van der Waals surface area (Å²) in [4.78, 5) is 2.40. The first-order valence-electron chi connectivity index (χ1n) is 10.1. The van der Waals surface area contributed by atoms with Gasteiger partial charge in [0.2, 0.25) is 0 Å². The molecule has 4 nitrogen and oxygen atoms in total. The fourth-order valence-electron chi connectivity index (χ4n) is 4.50. The standard InChI is InChI=1S/C24H26N2O2/c1-17-20-6-4-3-5-18(20)15-22-21-8-7-19(16-23(21)25(2)24(17)22)28-14-11-26-9-12-27-13-10-26/h3-8,15-16H,9-14H2,1-2H3. The molecular formula is C24H26N2O2. The third-order valence-corrected chi connectivity index (χ3v) is 6.01. The highest BCUT2D eigenvalue weighted by Gasteiger charge is 2.14. The number of nitrogens with zero attached hydrogens (tertiary/aromatic N) is 2. The number of ether oxygens (including phenoxy) is 2. The van der Waals surface area contributed by atoms with Crippen molar-refractivity contribution in [1.82, 2.24) is 9.47 Å². The van der Waals surface area contributed by atoms with Crippen molar-refractivity contribution in [3.8, 4) is 5.75 Å². The molecule has 28 heavy (non-hydrogen) atoms. The molecule has 1 saturated heterocycles. The lowest BCUT2D eigenvalue weighted by Gasteiger charge is -2.26. The molecule has 1 aromatic heterocycles. The number of aryl methyl sites for hydroxylation is 2. The lowest BCUT2D eigenvalue weighted by Crippen LogP contribution is -2.38. The average molecular weight is 374 g/mol. The second-order valence-corrected chi connectivity index (χ2v) is 7.66. The quantitative estimate of drug-likeness (QED) is 0.526. The van der Waals surface area contributed by atoms with Gasteiger partial charge in [-0.2, -0.15) is 0 Å². The van der Waals surface area contributed by atoms with Crippen molar-refractivity contribution in [2.24, 2.45) is 7.05 Å². The van der Waals surface area contributed by atoms with Crippen LogP contribution in [0.5, 0.6) is 5.75 Å². The molecule has 3 aromatic carbocycles. The highest BCUT2D eigenvalue weighted by Crippen LogP contribution is 2.36. The van der Waals surface area contributed by atoms with Crippen LogP contribution in [0.15, 0.2) is 48.5 Å². The van der Waals surface area contributed by atoms with Gasteiger partial charge in [-0.3, -0.25) is 4.90 Å². The van der Waals surface area contributed by atoms with Gasteiger partial charge in [-0.25, -0.2) is 0 Å². The molecule has 0 atom stereocenters. The molecule has 5 rings (SSSR count). The third kappa shape index (κ3) is 2.93. The van der Waals surface area contributed by atoms with E-state index in [9.17, 15) is 0 Å². The van der Waals surface area contributed by atoms with E-state index in [0.717, 1.165) is 38.6 Å². The van der Waals surface area contributed by atoms with Gasteiger partial charge >= 0.3 is 0 Å². The van der Waals surface area contributed by atoms with Crippen LogP contribution >= 0.6 is 0 Å². The fraction of sp³-hybridized carbons (Fsp3) is 0.333. The Hall–Kier alpha value is -2.56. The Morgan fingerprint density at radius 1 is 0.964 bits per heavy atom. The SMILES string of the molecule is Cc1c2ccccc2cc2c3ccc(OCCN4CCOCC4)cc3n(C)c12. The number of fused-ring (bicyclic) bond motifs is 4. The molecule has 0 amide bonds. The smallest absolute Gasteiger partial charge is 0.121 e. The van der Waals surface area contributed by atoms with E-state index in [-0.39, 0.29) is 0 Å². The summed E-state index contributed by atoms with van der Waals surface area (Å²) in [5.74, 6) is 0.939. The van der Waals surface area contributed by atoms with Crippen molar-refractivity contribution in [2.45, 2.75) is 6.92 Å². The minimum Gasteiger partial charge on any atom is -0.492 e. The molecule has 4 heteroatoms. The molecule has 0 N–H and O–H groups in total. The molecule has 0 bridgehead atoms. The third-order valence-electron chi connectivity index (χ3n) is 6.01. The Morgan fingerprint density at radius 2 is 1.79 bits per heavy atom. The molecule has 4 aromatic rings. The first-order chi connectivity index (χ1) is 13.7. The van der Waals surface area contributed by atoms with Gasteiger partial charge in [0.05, 0.1) is 24.2 Å². The van der Waals surface area contributed by atoms with Crippen molar-refractivity contribution in [3.63, 3.8) is 0 Å². The van der Waals surface area contributed by atoms with E-state index in [1.54, 1.807) is 0 Å². The van der Waals surface area contributed by atoms with Crippen LogP contribution in [-0.4, -0.2) is 48.9 Å². The summed E-state index contributed by atoms with van der Waals surface area (Å²) in [6.45, 7) is 7.53. The fourth-order valence-corrected chi connectivity index (χ4v) is 4.50. The molecule has 0 radical (unpaired) electrons. The van der Waals surface area contributed by atoms with E-state index in [1.165, 1.54) is 38.1 Å². The summed E-state index contributed by atoms with van der Waals surface area (Å²) in [5.41, 5.74) is 3.86. The summed E-state index contributed by atoms with van der Waals surface area (Å²) in [7, 11) is 2.16. The van der Waals surface area contributed by atoms with Gasteiger partial charge in [0.15, 0.2) is 0 Å². The summed E-state index contributed by atoms with van der Waals surface area (Å²) >= 11 is 0. The molecule has 1 aliphatic rings. The summed E-state index contributed by atoms with van der Waals surface area (Å²) in [6.07, 6.45) is 0. The molecule has 2 heterocycles. The molecule has 1 fully saturated rings. The maximum absolute atomic E-state index is 6.08. The van der Waals surface area contributed by atoms with Gasteiger partial charge in [-0.15, -0.1) is 0 Å². The van der Waals surface area contributed by atoms with Gasteiger partial charge in [0, 0.05) is 43.5 Å². The second kappa shape index (κ2) is 7.12. The lowest BCUT2D eigenvalue weighted by molar-refractivity contribution is 0.0322. The van der Waals surface area contributed by atoms with Gasteiger partial charge in [-0.05, 0) is 41.5 Å². The average Bonchev–Trinajstić information content (AvgIpc) is 3.01. The topological polar surface area (TPSA) is 26.6 Å². The number of benzene rings is 3. The van der Waals surface area contributed by atoms with Crippen LogP contribution in [0.1, 0.15) is 5.56 Å². The Morgan fingerprint density at radius 3 is 2.64 bits per heavy atom. The summed E-state index contributed by atoms with van der Waals surface area (Å²) in [6, 6.07) is 17.4. The maximum Gasteiger partial charge on any atom is 0.121 e. The molecular weight excluding hydrogens is 348 g/mol. The Labute approximate surface area is 165 Å². The molecule has 0 saturated carbocycles. The largest absolute Gasteiger partial charge is 0.492 e. The van der Waals surface area contributed by atoms with Crippen LogP contribution < -0.4 is 4.74 Å². The monoisotopic (exact) mass is 374 g/mol. The van der Waals surface area contributed by atoms with Gasteiger partial charge in [0.1, 0.15) is 12.4 Å². The van der Waals surface area contributed by atoms with Crippen LogP contribution in [0.3, 0.4) is 0 Å². The molecule has 0 unspecified atom stereocenters. The molecule has 0 aliphatic carbocycles. The van der Waals surface area contributed by atoms with Gasteiger partial charge in [-0.1, -0.05) is 24.3 Å². The van der Waals surface area contributed by atoms with E-state index in [0.29, 0.717) is 6.61 Å². The Kier molecular flexibility index (Phi) is 4.46. The minimum absolute atomic E-state index is 0.707. The number of morpholine rings is 1. The van der Waals surface area contributed by atoms with E-state index < -0.39 is 0 Å². The van der Waals surface area contributed by atoms with Crippen molar-refractivity contribution in [3.05, 3.63) is 54.1 Å². The lowest BCUT2D eigenvalue weighted by atomic mass is 10.0. The highest BCUT2D eigenvalue weighted by molar-refractivity contribution is 6.14. The van der Waals surface area contributed by atoms with E-state index in [2.05, 4.69) is 72.0 Å². The summed E-state index contributed by atoms with van der Waals surface area (Å²) in [5, 5.41) is 5.22. The van der Waals surface area contributed by atoms with Gasteiger partial charge < -0.3 is 14.0 Å². The zero-order valence-corrected chi connectivity index (χ0v) is 16.6. The first kappa shape index (κ1) is 17.5. The maximum atomic E-state index is 6.08. The molecule has 144 valence electrons. The van der Waals surface area contributed by atoms with Crippen LogP contribution in [-0.2, 0) is 11.8 Å². The second-order valence-electron chi connectivity index (χ2n) is 7.66. The van der Waals surface area contributed by atoms with Crippen LogP contribution in [0.25, 0.3) is 32.6 Å². The number of hydrogen-bond acceptors (Lipinski definition) is 3. The van der Waals surface area contributed by atoms with E-state index >= 15 is 0 Å². The zero-order valence-electron chi connectivity index (χ0n) is 16.6. The van der Waals surface area contributed by atoms with Crippen molar-refractivity contribution in [2.75, 3.05) is 39.5 Å². The van der Waals surface area contributed by atoms with Crippen LogP contribution in [0.2, 0.25) is 0 Å². The van der Waals surface area contributed by atoms with Crippen molar-refractivity contribution in [1.29, 1.82) is 0 Å². The van der Waals surface area contributed by atoms with Crippen molar-refractivity contribution < 1.29 is 9.47 Å². The van der Waals surface area contributed by atoms with Crippen molar-refractivity contribution >= 4 is 32.6 Å². The van der Waals surface area contributed by atoms with Crippen LogP contribution in [0, 0.1) is 6.92 Å². The minimum atomic E-state index is 0.707. The Balaban J connectivity index is 1.49. The zero-order chi connectivity index (χ0) is 19.1. The van der Waals surface area contributed by atoms with Gasteiger partial charge in [0.25, 0.3) is 0 Å². The molecule has 0 spiro atoms. The predicted molar refractivity (Wildman–Crippen MR) is 115 cm³/mol. The van der Waals surface area contributed by atoms with E-state index in [1.807, 2.05) is 0 Å². The predicted octanol–water partition coefficient (Wildman–Crippen LogP) is 4.50.